The van der Waals surface area contributed by atoms with Gasteiger partial charge in [-0.2, -0.15) is 0 Å². The van der Waals surface area contributed by atoms with Gasteiger partial charge < -0.3 is 14.6 Å². The van der Waals surface area contributed by atoms with Crippen LogP contribution in [0.4, 0.5) is 5.13 Å². The number of aliphatic hydroxyl groups excluding tert-OH is 1. The van der Waals surface area contributed by atoms with Crippen molar-refractivity contribution in [3.63, 3.8) is 0 Å². The van der Waals surface area contributed by atoms with Gasteiger partial charge in [0.25, 0.3) is 5.78 Å². The predicted octanol–water partition coefficient (Wildman–Crippen LogP) is 7.63. The first kappa shape index (κ1) is 28.6. The maximum atomic E-state index is 13.7. The van der Waals surface area contributed by atoms with E-state index in [1.807, 2.05) is 26.0 Å². The van der Waals surface area contributed by atoms with E-state index < -0.39 is 17.7 Å². The first-order valence-electron chi connectivity index (χ1n) is 13.3. The molecule has 2 heterocycles. The topological polar surface area (TPSA) is 89.0 Å². The van der Waals surface area contributed by atoms with Crippen molar-refractivity contribution in [3.8, 4) is 11.5 Å². The monoisotopic (exact) mass is 590 g/mol. The van der Waals surface area contributed by atoms with E-state index in [-0.39, 0.29) is 11.3 Å². The van der Waals surface area contributed by atoms with Gasteiger partial charge in [-0.3, -0.25) is 14.5 Å². The van der Waals surface area contributed by atoms with Gasteiger partial charge >= 0.3 is 5.91 Å². The highest BCUT2D eigenvalue weighted by Crippen LogP contribution is 2.46. The number of carbonyl (C=O) groups is 2. The molecule has 0 aliphatic carbocycles. The molecule has 1 fully saturated rings. The summed E-state index contributed by atoms with van der Waals surface area (Å²) in [4.78, 5) is 33.4. The van der Waals surface area contributed by atoms with E-state index in [2.05, 4.69) is 13.8 Å². The molecule has 1 aliphatic rings. The number of ether oxygens (including phenoxy) is 2. The number of anilines is 1. The van der Waals surface area contributed by atoms with Crippen LogP contribution in [0.1, 0.15) is 48.6 Å². The van der Waals surface area contributed by atoms with E-state index in [4.69, 9.17) is 26.1 Å². The number of thiazole rings is 1. The molecule has 1 amide bonds. The lowest BCUT2D eigenvalue weighted by Gasteiger charge is -2.24. The van der Waals surface area contributed by atoms with Crippen LogP contribution < -0.4 is 14.4 Å². The van der Waals surface area contributed by atoms with Crippen LogP contribution in [0.15, 0.2) is 60.2 Å². The Kier molecular flexibility index (Phi) is 8.07. The summed E-state index contributed by atoms with van der Waals surface area (Å²) >= 11 is 7.39. The number of aryl methyl sites for hydroxylation is 2. The summed E-state index contributed by atoms with van der Waals surface area (Å²) in [5.74, 6) is -0.372. The number of methoxy groups -OCH3 is 1. The molecule has 0 radical (unpaired) electrons. The first-order chi connectivity index (χ1) is 19.6. The van der Waals surface area contributed by atoms with E-state index in [1.54, 1.807) is 42.5 Å². The zero-order valence-corrected chi connectivity index (χ0v) is 25.1. The molecule has 1 N–H and O–H groups in total. The SMILES string of the molecule is COc1cc(C2C(=C(O)c3ccc(Cl)cc3)C(=O)C(=O)N2c2nc3c(C)cc(C)cc3s2)ccc1OCCC(C)C. The van der Waals surface area contributed by atoms with Gasteiger partial charge in [-0.1, -0.05) is 48.9 Å². The van der Waals surface area contributed by atoms with Crippen LogP contribution in [0.25, 0.3) is 16.0 Å². The largest absolute Gasteiger partial charge is 0.507 e. The number of hydrogen-bond donors (Lipinski definition) is 1. The first-order valence-corrected chi connectivity index (χ1v) is 14.5. The highest BCUT2D eigenvalue weighted by Gasteiger charge is 2.48. The summed E-state index contributed by atoms with van der Waals surface area (Å²) in [5.41, 5.74) is 3.71. The van der Waals surface area contributed by atoms with Crippen LogP contribution in [0.2, 0.25) is 5.02 Å². The molecular formula is C32H31ClN2O5S. The molecule has 1 aromatic heterocycles. The Morgan fingerprint density at radius 1 is 1.07 bits per heavy atom. The second-order valence-corrected chi connectivity index (χ2v) is 12.0. The van der Waals surface area contributed by atoms with E-state index in [1.165, 1.54) is 23.3 Å². The minimum absolute atomic E-state index is 0.0417. The minimum Gasteiger partial charge on any atom is -0.507 e. The van der Waals surface area contributed by atoms with E-state index in [0.717, 1.165) is 27.8 Å². The van der Waals surface area contributed by atoms with E-state index >= 15 is 0 Å². The number of rotatable bonds is 8. The molecule has 0 spiro atoms. The Balaban J connectivity index is 1.68. The smallest absolute Gasteiger partial charge is 0.301 e. The quantitative estimate of drug-likeness (QED) is 0.129. The molecule has 5 rings (SSSR count). The second kappa shape index (κ2) is 11.5. The molecule has 7 nitrogen and oxygen atoms in total. The molecule has 4 aromatic rings. The fourth-order valence-corrected chi connectivity index (χ4v) is 6.24. The maximum Gasteiger partial charge on any atom is 0.301 e. The van der Waals surface area contributed by atoms with Crippen molar-refractivity contribution in [3.05, 3.63) is 87.4 Å². The van der Waals surface area contributed by atoms with E-state index in [0.29, 0.717) is 45.3 Å². The van der Waals surface area contributed by atoms with Crippen LogP contribution in [0.5, 0.6) is 11.5 Å². The molecule has 1 atom stereocenters. The van der Waals surface area contributed by atoms with Crippen molar-refractivity contribution in [1.29, 1.82) is 0 Å². The number of ketones is 1. The number of aliphatic hydroxyl groups is 1. The van der Waals surface area contributed by atoms with Gasteiger partial charge in [0.1, 0.15) is 5.76 Å². The highest BCUT2D eigenvalue weighted by molar-refractivity contribution is 7.22. The summed E-state index contributed by atoms with van der Waals surface area (Å²) in [6.45, 7) is 8.73. The predicted molar refractivity (Wildman–Crippen MR) is 163 cm³/mol. The third-order valence-corrected chi connectivity index (χ3v) is 8.30. The van der Waals surface area contributed by atoms with Gasteiger partial charge in [0.15, 0.2) is 16.6 Å². The number of nitrogens with zero attached hydrogens (tertiary/aromatic N) is 2. The Morgan fingerprint density at radius 3 is 2.49 bits per heavy atom. The highest BCUT2D eigenvalue weighted by atomic mass is 35.5. The van der Waals surface area contributed by atoms with Crippen LogP contribution in [0, 0.1) is 19.8 Å². The molecule has 0 saturated carbocycles. The number of benzene rings is 3. The van der Waals surface area contributed by atoms with Gasteiger partial charge in [-0.15, -0.1) is 0 Å². The Labute approximate surface area is 248 Å². The van der Waals surface area contributed by atoms with Crippen molar-refractivity contribution in [2.24, 2.45) is 5.92 Å². The lowest BCUT2D eigenvalue weighted by Crippen LogP contribution is -2.29. The molecule has 1 aliphatic heterocycles. The summed E-state index contributed by atoms with van der Waals surface area (Å²) in [5, 5.41) is 12.3. The molecule has 1 unspecified atom stereocenters. The van der Waals surface area contributed by atoms with Crippen LogP contribution in [-0.2, 0) is 9.59 Å². The zero-order valence-electron chi connectivity index (χ0n) is 23.5. The Hall–Kier alpha value is -3.88. The molecular weight excluding hydrogens is 560 g/mol. The number of halogens is 1. The third-order valence-electron chi connectivity index (χ3n) is 7.04. The molecule has 3 aromatic carbocycles. The fraction of sp³-hybridized carbons (Fsp3) is 0.281. The molecule has 9 heteroatoms. The number of hydrogen-bond acceptors (Lipinski definition) is 7. The van der Waals surface area contributed by atoms with Crippen molar-refractivity contribution in [2.75, 3.05) is 18.6 Å². The van der Waals surface area contributed by atoms with Gasteiger partial charge in [0, 0.05) is 10.6 Å². The molecule has 1 saturated heterocycles. The van der Waals surface area contributed by atoms with Crippen molar-refractivity contribution < 1.29 is 24.2 Å². The van der Waals surface area contributed by atoms with Crippen LogP contribution in [0.3, 0.4) is 0 Å². The lowest BCUT2D eigenvalue weighted by atomic mass is 9.95. The maximum absolute atomic E-state index is 13.7. The molecule has 212 valence electrons. The molecule has 0 bridgehead atoms. The lowest BCUT2D eigenvalue weighted by molar-refractivity contribution is -0.132. The van der Waals surface area contributed by atoms with Crippen molar-refractivity contribution >= 4 is 55.7 Å². The summed E-state index contributed by atoms with van der Waals surface area (Å²) in [7, 11) is 1.54. The average molecular weight is 591 g/mol. The van der Waals surface area contributed by atoms with Crippen LogP contribution >= 0.6 is 22.9 Å². The molecule has 41 heavy (non-hydrogen) atoms. The van der Waals surface area contributed by atoms with Crippen molar-refractivity contribution in [1.82, 2.24) is 4.98 Å². The summed E-state index contributed by atoms with van der Waals surface area (Å²) < 4.78 is 12.5. The fourth-order valence-electron chi connectivity index (χ4n) is 4.95. The van der Waals surface area contributed by atoms with Crippen molar-refractivity contribution in [2.45, 2.75) is 40.2 Å². The number of amides is 1. The van der Waals surface area contributed by atoms with Gasteiger partial charge in [0.2, 0.25) is 0 Å². The number of Topliss-reactive ketones (excluding diaryl/α,β-unsaturated/α-hetero) is 1. The van der Waals surface area contributed by atoms with Crippen LogP contribution in [-0.4, -0.2) is 35.5 Å². The average Bonchev–Trinajstić information content (AvgIpc) is 3.47. The normalized spacial score (nSPS) is 16.7. The summed E-state index contributed by atoms with van der Waals surface area (Å²) in [6.07, 6.45) is 0.878. The number of aromatic nitrogens is 1. The van der Waals surface area contributed by atoms with Gasteiger partial charge in [-0.25, -0.2) is 4.98 Å². The second-order valence-electron chi connectivity index (χ2n) is 10.5. The Bertz CT molecular complexity index is 1680. The zero-order chi connectivity index (χ0) is 29.4. The summed E-state index contributed by atoms with van der Waals surface area (Å²) in [6, 6.07) is 14.8. The number of fused-ring (bicyclic) bond motifs is 1. The van der Waals surface area contributed by atoms with Gasteiger partial charge in [-0.05, 0) is 85.3 Å². The standard InChI is InChI=1S/C32H31ClN2O5S/c1-17(2)12-13-40-23-11-8-21(16-24(23)39-5)28-26(29(36)20-6-9-22(33)10-7-20)30(37)31(38)35(28)32-34-27-19(4)14-18(3)15-25(27)41-32/h6-11,14-17,28,36H,12-13H2,1-5H3. The minimum atomic E-state index is -0.953. The Morgan fingerprint density at radius 2 is 1.80 bits per heavy atom. The van der Waals surface area contributed by atoms with E-state index in [9.17, 15) is 14.7 Å². The number of carbonyl (C=O) groups excluding carboxylic acids is 2. The third kappa shape index (κ3) is 5.54. The van der Waals surface area contributed by atoms with Gasteiger partial charge in [0.05, 0.1) is 35.5 Å².